The lowest BCUT2D eigenvalue weighted by Crippen LogP contribution is -3.14. The van der Waals surface area contributed by atoms with E-state index in [0.29, 0.717) is 17.3 Å². The third-order valence-corrected chi connectivity index (χ3v) is 4.84. The maximum Gasteiger partial charge on any atom is 0.279 e. The highest BCUT2D eigenvalue weighted by molar-refractivity contribution is 6.31. The third kappa shape index (κ3) is 6.80. The van der Waals surface area contributed by atoms with Crippen LogP contribution in [-0.4, -0.2) is 31.4 Å². The smallest absolute Gasteiger partial charge is 0.279 e. The molecular formula is C21H25ClF2N3O2+. The molecule has 8 heteroatoms. The van der Waals surface area contributed by atoms with Crippen LogP contribution in [0.25, 0.3) is 0 Å². The van der Waals surface area contributed by atoms with E-state index >= 15 is 0 Å². The van der Waals surface area contributed by atoms with Crippen LogP contribution in [-0.2, 0) is 9.59 Å². The second-order valence-corrected chi connectivity index (χ2v) is 7.36. The molecule has 1 unspecified atom stereocenters. The summed E-state index contributed by atoms with van der Waals surface area (Å²) >= 11 is 5.96. The van der Waals surface area contributed by atoms with E-state index in [0.717, 1.165) is 22.6 Å². The number of likely N-dealkylation sites (N-methyl/N-ethyl adjacent to an activating group) is 1. The molecule has 5 nitrogen and oxygen atoms in total. The molecule has 2 rings (SSSR count). The van der Waals surface area contributed by atoms with E-state index in [1.807, 2.05) is 19.9 Å². The van der Waals surface area contributed by atoms with Crippen LogP contribution < -0.4 is 15.5 Å². The molecule has 0 spiro atoms. The first-order chi connectivity index (χ1) is 13.7. The van der Waals surface area contributed by atoms with Gasteiger partial charge in [-0.2, -0.15) is 0 Å². The summed E-state index contributed by atoms with van der Waals surface area (Å²) in [6.07, 6.45) is 0. The maximum absolute atomic E-state index is 13.9. The minimum absolute atomic E-state index is 0.0472. The Morgan fingerprint density at radius 2 is 1.79 bits per heavy atom. The van der Waals surface area contributed by atoms with E-state index in [1.165, 1.54) is 6.07 Å². The highest BCUT2D eigenvalue weighted by Crippen LogP contribution is 2.20. The summed E-state index contributed by atoms with van der Waals surface area (Å²) in [4.78, 5) is 25.4. The third-order valence-electron chi connectivity index (χ3n) is 4.60. The second kappa shape index (κ2) is 10.3. The van der Waals surface area contributed by atoms with Crippen molar-refractivity contribution in [1.82, 2.24) is 5.32 Å². The summed E-state index contributed by atoms with van der Waals surface area (Å²) in [5, 5.41) is 6.02. The molecule has 0 aliphatic rings. The Morgan fingerprint density at radius 3 is 2.45 bits per heavy atom. The van der Waals surface area contributed by atoms with Gasteiger partial charge in [0.1, 0.15) is 11.6 Å². The van der Waals surface area contributed by atoms with Crippen molar-refractivity contribution in [3.05, 3.63) is 64.2 Å². The molecule has 2 atom stereocenters. The fourth-order valence-electron chi connectivity index (χ4n) is 2.91. The van der Waals surface area contributed by atoms with Gasteiger partial charge < -0.3 is 15.5 Å². The lowest BCUT2D eigenvalue weighted by molar-refractivity contribution is -0.881. The highest BCUT2D eigenvalue weighted by Gasteiger charge is 2.20. The Balaban J connectivity index is 1.91. The number of aryl methyl sites for hydroxylation is 1. The molecule has 2 aromatic carbocycles. The van der Waals surface area contributed by atoms with Gasteiger partial charge in [0.2, 0.25) is 0 Å². The molecule has 0 aliphatic heterocycles. The maximum atomic E-state index is 13.9. The molecule has 0 aliphatic carbocycles. The molecule has 0 saturated heterocycles. The number of nitrogens with one attached hydrogen (secondary N) is 3. The normalized spacial score (nSPS) is 12.9. The fourth-order valence-corrected chi connectivity index (χ4v) is 3.08. The zero-order valence-corrected chi connectivity index (χ0v) is 17.4. The Hall–Kier alpha value is -2.51. The molecule has 0 saturated carbocycles. The quantitative estimate of drug-likeness (QED) is 0.610. The van der Waals surface area contributed by atoms with Gasteiger partial charge >= 0.3 is 0 Å². The van der Waals surface area contributed by atoms with E-state index in [4.69, 9.17) is 11.6 Å². The average Bonchev–Trinajstić information content (AvgIpc) is 2.63. The van der Waals surface area contributed by atoms with Crippen molar-refractivity contribution in [3.8, 4) is 0 Å². The average molecular weight is 425 g/mol. The zero-order valence-electron chi connectivity index (χ0n) is 16.6. The standard InChI is InChI=1S/C21H24ClF2N3O2/c1-4-27(12-21(29)26-19-9-15(22)6-5-13(19)2)11-20(28)25-14(3)17-8-7-16(23)10-18(17)24/h5-10,14H,4,11-12H2,1-3H3,(H,25,28)(H,26,29)/p+1/t14-/m1/s1. The second-order valence-electron chi connectivity index (χ2n) is 6.92. The number of quaternary nitrogens is 1. The molecule has 0 aromatic heterocycles. The first-order valence-corrected chi connectivity index (χ1v) is 9.71. The molecule has 0 bridgehead atoms. The molecule has 29 heavy (non-hydrogen) atoms. The van der Waals surface area contributed by atoms with Crippen LogP contribution in [0.1, 0.15) is 31.0 Å². The van der Waals surface area contributed by atoms with Gasteiger partial charge in [0.05, 0.1) is 12.6 Å². The number of benzene rings is 2. The van der Waals surface area contributed by atoms with Crippen LogP contribution >= 0.6 is 11.6 Å². The van der Waals surface area contributed by atoms with Gasteiger partial charge in [0, 0.05) is 22.3 Å². The largest absolute Gasteiger partial charge is 0.345 e. The van der Waals surface area contributed by atoms with Gasteiger partial charge in [0.25, 0.3) is 11.8 Å². The number of amides is 2. The summed E-state index contributed by atoms with van der Waals surface area (Å²) in [5.41, 5.74) is 1.71. The summed E-state index contributed by atoms with van der Waals surface area (Å²) in [7, 11) is 0. The van der Waals surface area contributed by atoms with E-state index < -0.39 is 17.7 Å². The van der Waals surface area contributed by atoms with Gasteiger partial charge in [0.15, 0.2) is 13.1 Å². The zero-order chi connectivity index (χ0) is 21.6. The molecule has 0 heterocycles. The fraction of sp³-hybridized carbons (Fsp3) is 0.333. The predicted octanol–water partition coefficient (Wildman–Crippen LogP) is 2.65. The summed E-state index contributed by atoms with van der Waals surface area (Å²) in [6.45, 7) is 6.04. The van der Waals surface area contributed by atoms with Gasteiger partial charge in [-0.05, 0) is 44.5 Å². The minimum atomic E-state index is -0.714. The molecular weight excluding hydrogens is 400 g/mol. The first-order valence-electron chi connectivity index (χ1n) is 9.33. The number of carbonyl (C=O) groups excluding carboxylic acids is 2. The number of anilines is 1. The van der Waals surface area contributed by atoms with Crippen molar-refractivity contribution in [1.29, 1.82) is 0 Å². The summed E-state index contributed by atoms with van der Waals surface area (Å²) in [6, 6.07) is 7.84. The number of hydrogen-bond donors (Lipinski definition) is 3. The Labute approximate surface area is 174 Å². The van der Waals surface area contributed by atoms with Crippen LogP contribution in [0, 0.1) is 18.6 Å². The lowest BCUT2D eigenvalue weighted by Gasteiger charge is -2.20. The van der Waals surface area contributed by atoms with Gasteiger partial charge in [-0.3, -0.25) is 9.59 Å². The van der Waals surface area contributed by atoms with Crippen LogP contribution in [0.5, 0.6) is 0 Å². The highest BCUT2D eigenvalue weighted by atomic mass is 35.5. The van der Waals surface area contributed by atoms with Crippen molar-refractivity contribution < 1.29 is 23.3 Å². The predicted molar refractivity (Wildman–Crippen MR) is 109 cm³/mol. The van der Waals surface area contributed by atoms with E-state index in [1.54, 1.807) is 19.1 Å². The van der Waals surface area contributed by atoms with Gasteiger partial charge in [-0.15, -0.1) is 0 Å². The van der Waals surface area contributed by atoms with E-state index in [9.17, 15) is 18.4 Å². The van der Waals surface area contributed by atoms with Crippen molar-refractivity contribution in [2.45, 2.75) is 26.8 Å². The number of halogens is 3. The Bertz CT molecular complexity index is 892. The number of rotatable bonds is 8. The molecule has 156 valence electrons. The van der Waals surface area contributed by atoms with E-state index in [2.05, 4.69) is 10.6 Å². The Morgan fingerprint density at radius 1 is 1.10 bits per heavy atom. The van der Waals surface area contributed by atoms with Crippen molar-refractivity contribution in [3.63, 3.8) is 0 Å². The Kier molecular flexibility index (Phi) is 8.10. The number of hydrogen-bond acceptors (Lipinski definition) is 2. The van der Waals surface area contributed by atoms with Crippen LogP contribution in [0.15, 0.2) is 36.4 Å². The van der Waals surface area contributed by atoms with Crippen molar-refractivity contribution >= 4 is 29.1 Å². The topological polar surface area (TPSA) is 62.6 Å². The van der Waals surface area contributed by atoms with Crippen molar-refractivity contribution in [2.75, 3.05) is 25.0 Å². The summed E-state index contributed by atoms with van der Waals surface area (Å²) < 4.78 is 26.9. The van der Waals surface area contributed by atoms with Crippen molar-refractivity contribution in [2.24, 2.45) is 0 Å². The SMILES string of the molecule is CC[NH+](CC(=O)Nc1cc(Cl)ccc1C)CC(=O)N[C@H](C)c1ccc(F)cc1F. The van der Waals surface area contributed by atoms with Crippen LogP contribution in [0.4, 0.5) is 14.5 Å². The van der Waals surface area contributed by atoms with E-state index in [-0.39, 0.29) is 30.5 Å². The first kappa shape index (κ1) is 22.8. The molecule has 0 fully saturated rings. The molecule has 0 radical (unpaired) electrons. The van der Waals surface area contributed by atoms with Crippen LogP contribution in [0.3, 0.4) is 0 Å². The van der Waals surface area contributed by atoms with Gasteiger partial charge in [-0.25, -0.2) is 8.78 Å². The lowest BCUT2D eigenvalue weighted by atomic mass is 10.1. The van der Waals surface area contributed by atoms with Gasteiger partial charge in [-0.1, -0.05) is 23.7 Å². The minimum Gasteiger partial charge on any atom is -0.345 e. The number of carbonyl (C=O) groups is 2. The van der Waals surface area contributed by atoms with Crippen LogP contribution in [0.2, 0.25) is 5.02 Å². The molecule has 2 amide bonds. The monoisotopic (exact) mass is 424 g/mol. The summed E-state index contributed by atoms with van der Waals surface area (Å²) in [5.74, 6) is -1.96. The molecule has 3 N–H and O–H groups in total. The molecule has 2 aromatic rings.